The van der Waals surface area contributed by atoms with Crippen LogP contribution in [0.3, 0.4) is 0 Å². The van der Waals surface area contributed by atoms with Crippen LogP contribution in [0.25, 0.3) is 0 Å². The van der Waals surface area contributed by atoms with Gasteiger partial charge in [0, 0.05) is 32.7 Å². The largest absolute Gasteiger partial charge is 0.469 e. The summed E-state index contributed by atoms with van der Waals surface area (Å²) in [6.07, 6.45) is 4.84. The lowest BCUT2D eigenvalue weighted by atomic mass is 9.92. The van der Waals surface area contributed by atoms with E-state index < -0.39 is 5.41 Å². The highest BCUT2D eigenvalue weighted by atomic mass is 127. The number of halogens is 1. The maximum atomic E-state index is 12.2. The van der Waals surface area contributed by atoms with Crippen molar-refractivity contribution in [3.8, 4) is 0 Å². The van der Waals surface area contributed by atoms with Crippen molar-refractivity contribution in [2.45, 2.75) is 46.1 Å². The first-order valence-electron chi connectivity index (χ1n) is 9.45. The lowest BCUT2D eigenvalue weighted by Gasteiger charge is -2.22. The Morgan fingerprint density at radius 3 is 2.78 bits per heavy atom. The summed E-state index contributed by atoms with van der Waals surface area (Å²) < 4.78 is 11.0. The predicted molar refractivity (Wildman–Crippen MR) is 118 cm³/mol. The standard InChI is InChI=1S/C19H32N4O3.HI/c1-4-20-17(24)19(2,3)14-23-18(22-13-16-8-6-12-26-16)21-10-9-15-7-5-11-25-15;/h5,7,11,16H,4,6,8-10,12-14H2,1-3H3,(H,20,24)(H2,21,22,23);1H. The molecule has 1 atom stereocenters. The predicted octanol–water partition coefficient (Wildman–Crippen LogP) is 2.32. The summed E-state index contributed by atoms with van der Waals surface area (Å²) in [5.74, 6) is 1.64. The molecule has 1 fully saturated rings. The molecule has 2 rings (SSSR count). The van der Waals surface area contributed by atoms with Gasteiger partial charge in [-0.3, -0.25) is 9.79 Å². The molecular formula is C19H33IN4O3. The van der Waals surface area contributed by atoms with Gasteiger partial charge in [0.2, 0.25) is 5.91 Å². The Hall–Kier alpha value is -1.29. The number of nitrogens with zero attached hydrogens (tertiary/aromatic N) is 1. The summed E-state index contributed by atoms with van der Waals surface area (Å²) in [7, 11) is 0. The zero-order valence-electron chi connectivity index (χ0n) is 16.5. The molecule has 0 aromatic carbocycles. The lowest BCUT2D eigenvalue weighted by molar-refractivity contribution is -0.128. The van der Waals surface area contributed by atoms with Crippen molar-refractivity contribution in [2.24, 2.45) is 10.4 Å². The first-order chi connectivity index (χ1) is 12.5. The van der Waals surface area contributed by atoms with E-state index in [-0.39, 0.29) is 36.0 Å². The summed E-state index contributed by atoms with van der Waals surface area (Å²) in [5, 5.41) is 9.52. The van der Waals surface area contributed by atoms with Crippen molar-refractivity contribution in [1.29, 1.82) is 0 Å². The van der Waals surface area contributed by atoms with Gasteiger partial charge in [0.05, 0.1) is 24.3 Å². The molecule has 27 heavy (non-hydrogen) atoms. The second-order valence-corrected chi connectivity index (χ2v) is 7.18. The molecule has 1 aromatic rings. The molecule has 7 nitrogen and oxygen atoms in total. The van der Waals surface area contributed by atoms with Crippen molar-refractivity contribution in [1.82, 2.24) is 16.0 Å². The minimum absolute atomic E-state index is 0. The molecule has 0 aliphatic carbocycles. The summed E-state index contributed by atoms with van der Waals surface area (Å²) >= 11 is 0. The van der Waals surface area contributed by atoms with E-state index in [1.165, 1.54) is 0 Å². The van der Waals surface area contributed by atoms with E-state index in [0.29, 0.717) is 32.1 Å². The molecule has 3 N–H and O–H groups in total. The Kier molecular flexibility index (Phi) is 10.8. The minimum atomic E-state index is -0.560. The van der Waals surface area contributed by atoms with Gasteiger partial charge in [0.1, 0.15) is 5.76 Å². The number of amides is 1. The van der Waals surface area contributed by atoms with E-state index in [1.54, 1.807) is 6.26 Å². The molecule has 8 heteroatoms. The quantitative estimate of drug-likeness (QED) is 0.280. The van der Waals surface area contributed by atoms with Gasteiger partial charge in [-0.25, -0.2) is 0 Å². The molecule has 1 aliphatic rings. The number of rotatable bonds is 9. The Morgan fingerprint density at radius 1 is 1.33 bits per heavy atom. The number of carbonyl (C=O) groups is 1. The fourth-order valence-corrected chi connectivity index (χ4v) is 2.70. The van der Waals surface area contributed by atoms with E-state index in [4.69, 9.17) is 9.15 Å². The number of carbonyl (C=O) groups excluding carboxylic acids is 1. The molecule has 1 unspecified atom stereocenters. The third-order valence-electron chi connectivity index (χ3n) is 4.35. The monoisotopic (exact) mass is 492 g/mol. The normalized spacial score (nSPS) is 17.3. The third kappa shape index (κ3) is 8.50. The van der Waals surface area contributed by atoms with E-state index in [9.17, 15) is 4.79 Å². The molecule has 0 bridgehead atoms. The van der Waals surface area contributed by atoms with Crippen LogP contribution in [0.15, 0.2) is 27.8 Å². The van der Waals surface area contributed by atoms with E-state index in [1.807, 2.05) is 32.9 Å². The van der Waals surface area contributed by atoms with Gasteiger partial charge in [0.25, 0.3) is 0 Å². The van der Waals surface area contributed by atoms with E-state index >= 15 is 0 Å². The third-order valence-corrected chi connectivity index (χ3v) is 4.35. The smallest absolute Gasteiger partial charge is 0.227 e. The fraction of sp³-hybridized carbons (Fsp3) is 0.684. The average molecular weight is 492 g/mol. The molecule has 1 aliphatic heterocycles. The van der Waals surface area contributed by atoms with Gasteiger partial charge in [-0.05, 0) is 45.7 Å². The van der Waals surface area contributed by atoms with Crippen LogP contribution in [0.4, 0.5) is 0 Å². The van der Waals surface area contributed by atoms with Gasteiger partial charge >= 0.3 is 0 Å². The van der Waals surface area contributed by atoms with Crippen LogP contribution in [0.5, 0.6) is 0 Å². The molecule has 2 heterocycles. The number of ether oxygens (including phenoxy) is 1. The second kappa shape index (κ2) is 12.2. The van der Waals surface area contributed by atoms with Crippen molar-refractivity contribution in [3.05, 3.63) is 24.2 Å². The van der Waals surface area contributed by atoms with Crippen LogP contribution in [0, 0.1) is 5.41 Å². The molecule has 0 saturated carbocycles. The number of aliphatic imine (C=N–C) groups is 1. The molecule has 0 spiro atoms. The molecular weight excluding hydrogens is 459 g/mol. The Morgan fingerprint density at radius 2 is 2.15 bits per heavy atom. The zero-order valence-corrected chi connectivity index (χ0v) is 18.9. The van der Waals surface area contributed by atoms with Crippen LogP contribution in [-0.4, -0.2) is 50.8 Å². The van der Waals surface area contributed by atoms with Gasteiger partial charge in [0.15, 0.2) is 5.96 Å². The zero-order chi connectivity index (χ0) is 18.8. The van der Waals surface area contributed by atoms with E-state index in [0.717, 1.165) is 31.6 Å². The Bertz CT molecular complexity index is 570. The van der Waals surface area contributed by atoms with Gasteiger partial charge in [-0.15, -0.1) is 24.0 Å². The highest BCUT2D eigenvalue weighted by molar-refractivity contribution is 14.0. The lowest BCUT2D eigenvalue weighted by Crippen LogP contribution is -2.44. The number of hydrogen-bond donors (Lipinski definition) is 3. The maximum absolute atomic E-state index is 12.2. The highest BCUT2D eigenvalue weighted by Crippen LogP contribution is 2.15. The van der Waals surface area contributed by atoms with Crippen LogP contribution >= 0.6 is 24.0 Å². The maximum Gasteiger partial charge on any atom is 0.227 e. The summed E-state index contributed by atoms with van der Waals surface area (Å²) in [6, 6.07) is 3.84. The second-order valence-electron chi connectivity index (χ2n) is 7.18. The van der Waals surface area contributed by atoms with Gasteiger partial charge < -0.3 is 25.1 Å². The first-order valence-corrected chi connectivity index (χ1v) is 9.45. The number of furan rings is 1. The average Bonchev–Trinajstić information content (AvgIpc) is 3.30. The molecule has 154 valence electrons. The minimum Gasteiger partial charge on any atom is -0.469 e. The highest BCUT2D eigenvalue weighted by Gasteiger charge is 2.27. The molecule has 1 aromatic heterocycles. The summed E-state index contributed by atoms with van der Waals surface area (Å²) in [6.45, 7) is 9.00. The van der Waals surface area contributed by atoms with E-state index in [2.05, 4.69) is 20.9 Å². The number of guanidine groups is 1. The van der Waals surface area contributed by atoms with Gasteiger partial charge in [-0.1, -0.05) is 0 Å². The van der Waals surface area contributed by atoms with Crippen molar-refractivity contribution in [3.63, 3.8) is 0 Å². The van der Waals surface area contributed by atoms with Crippen LogP contribution in [0.2, 0.25) is 0 Å². The SMILES string of the molecule is CCNC(=O)C(C)(C)CN=C(NCCc1ccco1)NCC1CCCO1.I. The Balaban J connectivity index is 0.00000364. The van der Waals surface area contributed by atoms with Crippen LogP contribution < -0.4 is 16.0 Å². The summed E-state index contributed by atoms with van der Waals surface area (Å²) in [4.78, 5) is 16.8. The van der Waals surface area contributed by atoms with Crippen LogP contribution in [0.1, 0.15) is 39.4 Å². The van der Waals surface area contributed by atoms with Crippen molar-refractivity contribution in [2.75, 3.05) is 32.8 Å². The first kappa shape index (κ1) is 23.7. The van der Waals surface area contributed by atoms with Gasteiger partial charge in [-0.2, -0.15) is 0 Å². The molecule has 1 amide bonds. The topological polar surface area (TPSA) is 87.9 Å². The Labute approximate surface area is 179 Å². The molecule has 1 saturated heterocycles. The molecule has 0 radical (unpaired) electrons. The van der Waals surface area contributed by atoms with Crippen molar-refractivity contribution < 1.29 is 13.9 Å². The van der Waals surface area contributed by atoms with Crippen LogP contribution in [-0.2, 0) is 16.0 Å². The fourth-order valence-electron chi connectivity index (χ4n) is 2.70. The summed E-state index contributed by atoms with van der Waals surface area (Å²) in [5.41, 5.74) is -0.560. The number of hydrogen-bond acceptors (Lipinski definition) is 4. The number of nitrogens with one attached hydrogen (secondary N) is 3. The van der Waals surface area contributed by atoms with Crippen molar-refractivity contribution >= 4 is 35.8 Å².